The third-order valence-corrected chi connectivity index (χ3v) is 17.9. The van der Waals surface area contributed by atoms with Crippen molar-refractivity contribution in [3.8, 4) is 21.2 Å². The first-order chi connectivity index (χ1) is 38.5. The summed E-state index contributed by atoms with van der Waals surface area (Å²) in [4.78, 5) is 83.5. The number of rotatable bonds is 16. The maximum atomic E-state index is 14.9. The molecule has 81 heavy (non-hydrogen) atoms. The van der Waals surface area contributed by atoms with Crippen LogP contribution >= 0.6 is 34.3 Å². The van der Waals surface area contributed by atoms with E-state index in [0.29, 0.717) is 46.2 Å². The number of nitrogens with zero attached hydrogens (tertiary/aromatic N) is 6. The number of halogens is 1. The second-order valence-electron chi connectivity index (χ2n) is 22.9. The molecule has 7 aromatic rings. The number of thiazole rings is 1. The minimum absolute atomic E-state index is 0.0290. The molecule has 1 saturated carbocycles. The van der Waals surface area contributed by atoms with E-state index in [0.717, 1.165) is 54.0 Å². The van der Waals surface area contributed by atoms with Gasteiger partial charge in [0.2, 0.25) is 17.7 Å². The second kappa shape index (κ2) is 22.9. The molecule has 18 nitrogen and oxygen atoms in total. The van der Waals surface area contributed by atoms with Gasteiger partial charge in [-0.2, -0.15) is 0 Å². The highest BCUT2D eigenvalue weighted by Gasteiger charge is 2.47. The topological polar surface area (TPSA) is 238 Å². The average molecular weight is 1160 g/mol. The number of hydrogen-bond donors (Lipinski definition) is 4. The monoisotopic (exact) mass is 1150 g/mol. The molecule has 1 saturated heterocycles. The normalized spacial score (nSPS) is 19.8. The molecule has 2 aliphatic heterocycles. The van der Waals surface area contributed by atoms with E-state index in [2.05, 4.69) is 45.0 Å². The minimum Gasteiger partial charge on any atom is -0.490 e. The van der Waals surface area contributed by atoms with E-state index < -0.39 is 65.4 Å². The zero-order chi connectivity index (χ0) is 57.8. The molecule has 3 aromatic carbocycles. The molecule has 21 heteroatoms. The number of carbonyl (C=O) groups excluding carboxylic acids is 5. The van der Waals surface area contributed by atoms with Crippen molar-refractivity contribution >= 4 is 80.6 Å². The third kappa shape index (κ3) is 11.9. The maximum absolute atomic E-state index is 14.9. The van der Waals surface area contributed by atoms with Crippen molar-refractivity contribution in [1.82, 2.24) is 40.6 Å². The van der Waals surface area contributed by atoms with Crippen LogP contribution in [0.15, 0.2) is 87.7 Å². The first-order valence-corrected chi connectivity index (χ1v) is 29.3. The molecule has 4 amide bonds. The van der Waals surface area contributed by atoms with E-state index in [-0.39, 0.29) is 49.1 Å². The van der Waals surface area contributed by atoms with Crippen LogP contribution in [0.4, 0.5) is 0 Å². The van der Waals surface area contributed by atoms with Crippen LogP contribution in [-0.4, -0.2) is 103 Å². The number of aliphatic imine (C=N–C) groups is 1. The molecular formula is C60H67ClN10O8S2. The van der Waals surface area contributed by atoms with Crippen LogP contribution in [0.2, 0.25) is 5.02 Å². The van der Waals surface area contributed by atoms with Crippen LogP contribution in [0.1, 0.15) is 134 Å². The van der Waals surface area contributed by atoms with Crippen molar-refractivity contribution in [3.05, 3.63) is 134 Å². The van der Waals surface area contributed by atoms with Crippen LogP contribution in [0.25, 0.3) is 26.4 Å². The van der Waals surface area contributed by atoms with Crippen molar-refractivity contribution in [2.24, 2.45) is 22.1 Å². The fourth-order valence-electron chi connectivity index (χ4n) is 10.6. The summed E-state index contributed by atoms with van der Waals surface area (Å²) < 4.78 is 20.3. The van der Waals surface area contributed by atoms with Gasteiger partial charge in [0.05, 0.1) is 40.8 Å². The largest absolute Gasteiger partial charge is 0.490 e. The standard InChI is InChI=1S/C60H67ClN10O8S2/c1-29(2)50(62)59(76)78-43-25-45(55(73)64-31(4)35-11-13-37(14-12-35)52-32(5)63-28-80-52)70(27-43)57(75)53(60(8,9)10)67-56(74)47-22-38-21-41(19-20-46(38)79-47)77-42-23-40(24-42)65-48(72)26-44-54-69-68-34(7)71(54)58-49(30(3)33(6)81-58)51(66-44)36-15-17-39(61)18-16-36/h11-22,28-29,31,40,42-45,50,53H,23-27,62H2,1-10H3,(H,64,73)(H,65,72)(H,67,74)/t31-,40?,42?,43+,44-,45-,50?,53+/m0/s1. The van der Waals surface area contributed by atoms with Crippen molar-refractivity contribution in [2.45, 2.75) is 143 Å². The Morgan fingerprint density at radius 3 is 2.28 bits per heavy atom. The van der Waals surface area contributed by atoms with Crippen LogP contribution in [-0.2, 0) is 23.9 Å². The maximum Gasteiger partial charge on any atom is 0.323 e. The van der Waals surface area contributed by atoms with E-state index in [1.165, 1.54) is 4.90 Å². The molecular weight excluding hydrogens is 1090 g/mol. The molecule has 424 valence electrons. The number of aromatic nitrogens is 4. The summed E-state index contributed by atoms with van der Waals surface area (Å²) >= 11 is 9.50. The Kier molecular flexibility index (Phi) is 16.1. The highest BCUT2D eigenvalue weighted by molar-refractivity contribution is 7.15. The second-order valence-corrected chi connectivity index (χ2v) is 25.4. The zero-order valence-corrected chi connectivity index (χ0v) is 49.3. The number of thiophene rings is 1. The SMILES string of the molecule is Cc1ncsc1-c1ccc([C@H](C)NC(=O)[C@@H]2C[C@@H](OC(=O)C(N)C(C)C)CN2C(=O)[C@@H](NC(=O)c2cc3cc(OC4CC(NC(=O)C[C@@H]5N=C(c6ccc(Cl)cc6)c6c(sc(C)c6C)-n6c(C)nnc65)C4)ccc3o2)C(C)(C)C)cc1. The van der Waals surface area contributed by atoms with E-state index >= 15 is 0 Å². The smallest absolute Gasteiger partial charge is 0.323 e. The number of likely N-dealkylation sites (tertiary alicyclic amines) is 1. The van der Waals surface area contributed by atoms with Crippen LogP contribution < -0.4 is 26.4 Å². The number of nitrogens with one attached hydrogen (secondary N) is 3. The predicted molar refractivity (Wildman–Crippen MR) is 312 cm³/mol. The summed E-state index contributed by atoms with van der Waals surface area (Å²) in [6, 6.07) is 18.1. The molecule has 1 aliphatic carbocycles. The molecule has 0 radical (unpaired) electrons. The molecule has 4 aromatic heterocycles. The van der Waals surface area contributed by atoms with Crippen molar-refractivity contribution in [1.29, 1.82) is 0 Å². The van der Waals surface area contributed by atoms with Gasteiger partial charge in [-0.1, -0.05) is 82.6 Å². The summed E-state index contributed by atoms with van der Waals surface area (Å²) in [5, 5.41) is 20.3. The number of carbonyl (C=O) groups is 5. The number of hydrogen-bond acceptors (Lipinski definition) is 15. The molecule has 3 aliphatic rings. The van der Waals surface area contributed by atoms with Gasteiger partial charge in [-0.05, 0) is 99.0 Å². The highest BCUT2D eigenvalue weighted by Crippen LogP contribution is 2.40. The molecule has 1 unspecified atom stereocenters. The Morgan fingerprint density at radius 2 is 1.60 bits per heavy atom. The Bertz CT molecular complexity index is 3570. The van der Waals surface area contributed by atoms with Gasteiger partial charge in [0.25, 0.3) is 5.91 Å². The van der Waals surface area contributed by atoms with E-state index in [1.807, 2.05) is 108 Å². The summed E-state index contributed by atoms with van der Waals surface area (Å²) in [5.74, 6) is -0.732. The lowest BCUT2D eigenvalue weighted by molar-refractivity contribution is -0.152. The van der Waals surface area contributed by atoms with Crippen molar-refractivity contribution < 1.29 is 37.9 Å². The summed E-state index contributed by atoms with van der Waals surface area (Å²) in [6.45, 7) is 18.9. The lowest BCUT2D eigenvalue weighted by Crippen LogP contribution is -2.57. The number of aryl methyl sites for hydroxylation is 3. The molecule has 5 N–H and O–H groups in total. The van der Waals surface area contributed by atoms with Gasteiger partial charge >= 0.3 is 5.97 Å². The molecule has 0 spiro atoms. The van der Waals surface area contributed by atoms with Gasteiger partial charge in [0.15, 0.2) is 11.6 Å². The predicted octanol–water partition coefficient (Wildman–Crippen LogP) is 9.61. The van der Waals surface area contributed by atoms with Gasteiger partial charge < -0.3 is 40.5 Å². The number of fused-ring (bicyclic) bond motifs is 4. The van der Waals surface area contributed by atoms with Crippen LogP contribution in [0.3, 0.4) is 0 Å². The van der Waals surface area contributed by atoms with Gasteiger partial charge in [-0.15, -0.1) is 32.9 Å². The fourth-order valence-corrected chi connectivity index (χ4v) is 12.7. The molecule has 2 fully saturated rings. The Hall–Kier alpha value is -7.26. The van der Waals surface area contributed by atoms with Crippen molar-refractivity contribution in [3.63, 3.8) is 0 Å². The summed E-state index contributed by atoms with van der Waals surface area (Å²) in [5.41, 5.74) is 14.1. The number of ether oxygens (including phenoxy) is 2. The zero-order valence-electron chi connectivity index (χ0n) is 47.0. The first kappa shape index (κ1) is 57.0. The lowest BCUT2D eigenvalue weighted by atomic mass is 9.85. The van der Waals surface area contributed by atoms with Gasteiger partial charge in [0, 0.05) is 51.7 Å². The molecule has 6 atom stereocenters. The number of amides is 4. The molecule has 6 heterocycles. The Morgan fingerprint density at radius 1 is 0.889 bits per heavy atom. The highest BCUT2D eigenvalue weighted by atomic mass is 35.5. The first-order valence-electron chi connectivity index (χ1n) is 27.2. The number of benzene rings is 3. The van der Waals surface area contributed by atoms with Gasteiger partial charge in [0.1, 0.15) is 58.5 Å². The average Bonchev–Trinajstić information content (AvgIpc) is 4.45. The number of esters is 1. The number of nitrogens with two attached hydrogens (primary N) is 1. The summed E-state index contributed by atoms with van der Waals surface area (Å²) in [7, 11) is 0. The Balaban J connectivity index is 0.781. The van der Waals surface area contributed by atoms with Crippen LogP contribution in [0.5, 0.6) is 5.75 Å². The number of furan rings is 1. The minimum atomic E-state index is -1.13. The fraction of sp³-hybridized carbons (Fsp3) is 0.417. The quantitative estimate of drug-likeness (QED) is 0.0662. The lowest BCUT2D eigenvalue weighted by Gasteiger charge is -2.36. The van der Waals surface area contributed by atoms with E-state index in [4.69, 9.17) is 36.2 Å². The van der Waals surface area contributed by atoms with Gasteiger partial charge in [-0.3, -0.25) is 33.5 Å². The molecule has 10 rings (SSSR count). The van der Waals surface area contributed by atoms with E-state index in [1.54, 1.807) is 52.4 Å². The molecule has 0 bridgehead atoms. The Labute approximate surface area is 483 Å². The van der Waals surface area contributed by atoms with Gasteiger partial charge in [-0.25, -0.2) is 4.98 Å². The summed E-state index contributed by atoms with van der Waals surface area (Å²) in [6.07, 6.45) is 0.249. The van der Waals surface area contributed by atoms with Crippen LogP contribution in [0, 0.1) is 39.0 Å². The third-order valence-electron chi connectivity index (χ3n) is 15.5. The van der Waals surface area contributed by atoms with E-state index in [9.17, 15) is 24.0 Å². The van der Waals surface area contributed by atoms with Crippen molar-refractivity contribution in [2.75, 3.05) is 6.54 Å².